The summed E-state index contributed by atoms with van der Waals surface area (Å²) in [4.78, 5) is 96.1. The molecule has 10 heterocycles. The summed E-state index contributed by atoms with van der Waals surface area (Å²) in [5.74, 6) is 1.51. The van der Waals surface area contributed by atoms with E-state index in [2.05, 4.69) is 86.1 Å². The van der Waals surface area contributed by atoms with E-state index in [-0.39, 0.29) is 62.6 Å². The van der Waals surface area contributed by atoms with Crippen LogP contribution in [0.4, 0.5) is 0 Å². The number of para-hydroxylation sites is 1. The summed E-state index contributed by atoms with van der Waals surface area (Å²) >= 11 is 0. The molecule has 0 saturated carbocycles. The average Bonchev–Trinajstić information content (AvgIpc) is 1.67. The number of nitriles is 1. The van der Waals surface area contributed by atoms with Crippen LogP contribution in [0.1, 0.15) is 82.6 Å². The van der Waals surface area contributed by atoms with Crippen molar-refractivity contribution in [3.63, 3.8) is 0 Å². The van der Waals surface area contributed by atoms with Crippen molar-refractivity contribution in [2.24, 2.45) is 0 Å². The summed E-state index contributed by atoms with van der Waals surface area (Å²) in [7, 11) is 2.64. The molecular weight excluding hydrogens is 1850 g/mol. The molecule has 0 radical (unpaired) electrons. The summed E-state index contributed by atoms with van der Waals surface area (Å²) in [5, 5.41) is 46.9. The lowest BCUT2D eigenvalue weighted by atomic mass is 10.0. The molecule has 0 atom stereocenters. The van der Waals surface area contributed by atoms with E-state index in [1.54, 1.807) is 87.5 Å². The first-order valence-electron chi connectivity index (χ1n) is 48.4. The molecular formula is C117H106N16O14. The van der Waals surface area contributed by atoms with Crippen LogP contribution in [0.5, 0.6) is 28.7 Å². The number of hydrogen-bond acceptors (Lipinski definition) is 20. The zero-order valence-corrected chi connectivity index (χ0v) is 81.0. The number of nitrogens with one attached hydrogen (secondary N) is 5. The Balaban J connectivity index is 0.000000120. The Labute approximate surface area is 848 Å². The highest BCUT2D eigenvalue weighted by Gasteiger charge is 2.33. The minimum absolute atomic E-state index is 0.0157. The first-order valence-corrected chi connectivity index (χ1v) is 48.4. The molecule has 147 heavy (non-hydrogen) atoms. The first-order chi connectivity index (χ1) is 72.1. The van der Waals surface area contributed by atoms with E-state index in [9.17, 15) is 33.6 Å². The molecule has 0 unspecified atom stereocenters. The van der Waals surface area contributed by atoms with Crippen LogP contribution in [-0.2, 0) is 98.3 Å². The summed E-state index contributed by atoms with van der Waals surface area (Å²) in [6.45, 7) is 5.51. The van der Waals surface area contributed by atoms with E-state index in [4.69, 9.17) is 33.7 Å². The molecule has 17 aromatic rings. The van der Waals surface area contributed by atoms with E-state index in [1.807, 2.05) is 246 Å². The predicted octanol–water partition coefficient (Wildman–Crippen LogP) is 18.0. The maximum atomic E-state index is 12.9. The van der Waals surface area contributed by atoms with Crippen LogP contribution in [0, 0.1) is 11.3 Å². The number of H-pyrrole nitrogens is 5. The van der Waals surface area contributed by atoms with Crippen LogP contribution in [0.15, 0.2) is 334 Å². The predicted molar refractivity (Wildman–Crippen MR) is 554 cm³/mol. The van der Waals surface area contributed by atoms with Gasteiger partial charge in [-0.2, -0.15) is 30.8 Å². The number of rotatable bonds is 24. The molecule has 738 valence electrons. The summed E-state index contributed by atoms with van der Waals surface area (Å²) in [6.07, 6.45) is 3.72. The Hall–Kier alpha value is -18.5. The van der Waals surface area contributed by atoms with Crippen LogP contribution >= 0.6 is 0 Å². The van der Waals surface area contributed by atoms with Crippen LogP contribution in [0.2, 0.25) is 0 Å². The fourth-order valence-corrected chi connectivity index (χ4v) is 18.0. The largest absolute Gasteiger partial charge is 0.484 e. The lowest BCUT2D eigenvalue weighted by molar-refractivity contribution is -0.135. The minimum atomic E-state index is -0.499. The number of carbonyl (C=O) groups is 7. The number of nitrogens with zero attached hydrogens (tertiary/aromatic N) is 11. The number of aromatic nitrogens is 10. The van der Waals surface area contributed by atoms with Gasteiger partial charge < -0.3 is 57.7 Å². The fraction of sp³-hybridized carbons (Fsp3) is 0.188. The van der Waals surface area contributed by atoms with Gasteiger partial charge in [-0.15, -0.1) is 0 Å². The van der Waals surface area contributed by atoms with E-state index in [0.29, 0.717) is 117 Å². The van der Waals surface area contributed by atoms with Gasteiger partial charge >= 0.3 is 11.9 Å². The van der Waals surface area contributed by atoms with Crippen LogP contribution in [0.3, 0.4) is 0 Å². The van der Waals surface area contributed by atoms with E-state index in [1.165, 1.54) is 14.2 Å². The van der Waals surface area contributed by atoms with E-state index >= 15 is 0 Å². The SMILES string of the molecule is COC(=O)c1ccc(OCC(=O)N2CCc3[nH]nc(-c4ccccc4)c3C2)cc1.COC(=O)c1ccccc1OCC(=O)N1CCc2[nH]nc(-c3ccccc3)c2C1.N#Cc1cccc(OCC(=O)N2CCc3[nH]nc(-c4ccccc4)c3C2)c1.O=C(COc1ccc(-c2ccccc2)cc1)N1CCc2[nH]nc(-c3ccccc3)c2C1.O=C(COc1cccc(-c2ccccc2)c1)N1CCc2[nH]nc(-c3ccccc3)c2C1. The number of fused-ring (bicyclic) bond motifs is 5. The second kappa shape index (κ2) is 47.8. The molecule has 5 aromatic heterocycles. The monoisotopic (exact) mass is 1960 g/mol. The second-order valence-electron chi connectivity index (χ2n) is 35.2. The third-order valence-electron chi connectivity index (χ3n) is 25.9. The summed E-state index contributed by atoms with van der Waals surface area (Å²) in [5.41, 5.74) is 26.2. The Bertz CT molecular complexity index is 7450. The molecule has 5 amide bonds. The summed E-state index contributed by atoms with van der Waals surface area (Å²) in [6, 6.07) is 108. The number of hydrogen-bond donors (Lipinski definition) is 5. The van der Waals surface area contributed by atoms with Crippen molar-refractivity contribution in [1.29, 1.82) is 5.26 Å². The molecule has 0 spiro atoms. The van der Waals surface area contributed by atoms with Crippen molar-refractivity contribution in [3.05, 3.63) is 407 Å². The fourth-order valence-electron chi connectivity index (χ4n) is 18.0. The van der Waals surface area contributed by atoms with Crippen LogP contribution in [-0.4, -0.2) is 197 Å². The molecule has 5 N–H and O–H groups in total. The normalized spacial score (nSPS) is 12.9. The molecule has 0 saturated heterocycles. The Morgan fingerprint density at radius 3 is 0.864 bits per heavy atom. The van der Waals surface area contributed by atoms with Gasteiger partial charge in [-0.25, -0.2) is 9.59 Å². The molecule has 0 fully saturated rings. The van der Waals surface area contributed by atoms with E-state index in [0.717, 1.165) is 161 Å². The molecule has 30 nitrogen and oxygen atoms in total. The number of esters is 2. The molecule has 12 aromatic carbocycles. The van der Waals surface area contributed by atoms with Crippen molar-refractivity contribution < 1.29 is 66.7 Å². The molecule has 5 aliphatic rings. The number of methoxy groups -OCH3 is 2. The second-order valence-corrected chi connectivity index (χ2v) is 35.2. The van der Waals surface area contributed by atoms with Gasteiger partial charge in [0.25, 0.3) is 29.5 Å². The van der Waals surface area contributed by atoms with Gasteiger partial charge in [0.2, 0.25) is 0 Å². The van der Waals surface area contributed by atoms with Gasteiger partial charge in [0.15, 0.2) is 33.0 Å². The quantitative estimate of drug-likeness (QED) is 0.0351. The van der Waals surface area contributed by atoms with E-state index < -0.39 is 11.9 Å². The van der Waals surface area contributed by atoms with Crippen LogP contribution in [0.25, 0.3) is 78.5 Å². The van der Waals surface area contributed by atoms with Gasteiger partial charge in [-0.3, -0.25) is 49.5 Å². The Kier molecular flexibility index (Phi) is 32.1. The Morgan fingerprint density at radius 1 is 0.272 bits per heavy atom. The molecule has 22 rings (SSSR count). The topological polar surface area (TPSA) is 367 Å². The third kappa shape index (κ3) is 24.6. The van der Waals surface area contributed by atoms with Crippen molar-refractivity contribution in [2.45, 2.75) is 64.8 Å². The maximum Gasteiger partial charge on any atom is 0.341 e. The molecule has 30 heteroatoms. The highest BCUT2D eigenvalue weighted by atomic mass is 16.5. The highest BCUT2D eigenvalue weighted by Crippen LogP contribution is 2.37. The zero-order chi connectivity index (χ0) is 101. The third-order valence-corrected chi connectivity index (χ3v) is 25.9. The first kappa shape index (κ1) is 98.6. The van der Waals surface area contributed by atoms with Gasteiger partial charge in [-0.05, 0) is 101 Å². The minimum Gasteiger partial charge on any atom is -0.484 e. The molecule has 0 bridgehead atoms. The molecule has 5 aliphatic heterocycles. The lowest BCUT2D eigenvalue weighted by Gasteiger charge is -2.27. The zero-order valence-electron chi connectivity index (χ0n) is 81.0. The number of aromatic amines is 5. The smallest absolute Gasteiger partial charge is 0.341 e. The Morgan fingerprint density at radius 2 is 0.537 bits per heavy atom. The van der Waals surface area contributed by atoms with Crippen molar-refractivity contribution >= 4 is 41.5 Å². The summed E-state index contributed by atoms with van der Waals surface area (Å²) < 4.78 is 37.9. The number of ether oxygens (including phenoxy) is 7. The standard InChI is InChI=1S/2C26H23N3O2.2C22H21N3O4.C21H18N4O2/c30-25(18-31-22-13-7-12-21(16-22)19-8-3-1-4-9-19)29-15-14-24-23(17-29)26(28-27-24)20-10-5-2-6-11-20;30-25(18-31-22-13-11-20(12-14-22)19-7-3-1-4-8-19)29-16-15-24-23(17-29)26(28-27-24)21-9-5-2-6-10-21;1-28-22(27)16-9-5-6-10-19(16)29-14-20(26)25-12-11-18-17(13-25)21(24-23-18)15-7-3-2-4-8-15;1-28-22(27)16-7-9-17(10-8-16)29-14-20(26)25-12-11-19-18(13-25)21(24-23-19)15-5-3-2-4-6-15;22-12-15-5-4-8-17(11-15)27-14-20(26)25-10-9-19-18(13-25)21(24-23-19)16-6-2-1-3-7-16/h1-13,16H,14-15,17-18H2,(H,27,28);1-14H,15-18H2,(H,27,28);2*2-10H,11-14H2,1H3,(H,23,24);1-8,11H,9-10,13-14H2,(H,23,24). The van der Waals surface area contributed by atoms with Gasteiger partial charge in [0.1, 0.15) is 34.3 Å². The average molecular weight is 1960 g/mol. The van der Waals surface area contributed by atoms with Gasteiger partial charge in [0, 0.05) is 182 Å². The van der Waals surface area contributed by atoms with Crippen LogP contribution < -0.4 is 23.7 Å². The number of amides is 5. The van der Waals surface area contributed by atoms with Crippen molar-refractivity contribution in [3.8, 4) is 113 Å². The lowest BCUT2D eigenvalue weighted by Crippen LogP contribution is -2.38. The highest BCUT2D eigenvalue weighted by molar-refractivity contribution is 5.93. The number of benzene rings is 12. The maximum absolute atomic E-state index is 12.9. The van der Waals surface area contributed by atoms with Crippen molar-refractivity contribution in [2.75, 3.05) is 80.0 Å². The van der Waals surface area contributed by atoms with Gasteiger partial charge in [-0.1, -0.05) is 255 Å². The number of carbonyl (C=O) groups excluding carboxylic acids is 7. The van der Waals surface area contributed by atoms with Gasteiger partial charge in [0.05, 0.1) is 59.9 Å². The van der Waals surface area contributed by atoms with Crippen molar-refractivity contribution in [1.82, 2.24) is 75.5 Å². The molecule has 0 aliphatic carbocycles.